The number of nitrogens with two attached hydrogens (primary N) is 2. The monoisotopic (exact) mass is 634 g/mol. The van der Waals surface area contributed by atoms with Crippen molar-refractivity contribution in [3.8, 4) is 0 Å². The Bertz CT molecular complexity index is 1250. The van der Waals surface area contributed by atoms with Crippen LogP contribution in [0.2, 0.25) is 0 Å². The number of hydrogen-bond donors (Lipinski definition) is 6. The fourth-order valence-electron chi connectivity index (χ4n) is 5.68. The van der Waals surface area contributed by atoms with E-state index in [1.165, 1.54) is 6.42 Å². The highest BCUT2D eigenvalue weighted by atomic mass is 16.2. The summed E-state index contributed by atoms with van der Waals surface area (Å²) in [5, 5.41) is 11.4. The van der Waals surface area contributed by atoms with E-state index in [9.17, 15) is 24.0 Å². The van der Waals surface area contributed by atoms with Gasteiger partial charge in [-0.1, -0.05) is 67.8 Å². The molecule has 2 aromatic rings. The van der Waals surface area contributed by atoms with Crippen molar-refractivity contribution in [3.05, 3.63) is 71.8 Å². The van der Waals surface area contributed by atoms with E-state index in [-0.39, 0.29) is 25.2 Å². The average molecular weight is 635 g/mol. The van der Waals surface area contributed by atoms with E-state index < -0.39 is 41.8 Å². The first-order valence-corrected chi connectivity index (χ1v) is 16.5. The highest BCUT2D eigenvalue weighted by molar-refractivity contribution is 5.98. The van der Waals surface area contributed by atoms with E-state index in [1.54, 1.807) is 30.3 Å². The Hall–Kier alpha value is -4.25. The van der Waals surface area contributed by atoms with Crippen molar-refractivity contribution in [2.75, 3.05) is 13.1 Å². The minimum absolute atomic E-state index is 0.0356. The van der Waals surface area contributed by atoms with Crippen LogP contribution in [0.3, 0.4) is 0 Å². The van der Waals surface area contributed by atoms with Gasteiger partial charge in [0.2, 0.25) is 23.6 Å². The van der Waals surface area contributed by atoms with Crippen LogP contribution in [0.1, 0.15) is 86.6 Å². The average Bonchev–Trinajstić information content (AvgIpc) is 3.07. The first kappa shape index (κ1) is 36.2. The van der Waals surface area contributed by atoms with Gasteiger partial charge < -0.3 is 32.7 Å². The normalized spacial score (nSPS) is 15.2. The van der Waals surface area contributed by atoms with Crippen molar-refractivity contribution < 1.29 is 24.0 Å². The zero-order valence-electron chi connectivity index (χ0n) is 26.7. The number of unbranched alkanes of at least 4 members (excludes halogenated alkanes) is 1. The number of hydrogen-bond acceptors (Lipinski definition) is 6. The van der Waals surface area contributed by atoms with E-state index >= 15 is 0 Å². The zero-order valence-corrected chi connectivity index (χ0v) is 26.7. The first-order chi connectivity index (χ1) is 22.3. The number of carbonyl (C=O) groups excluding carboxylic acids is 5. The molecule has 11 nitrogen and oxygen atoms in total. The summed E-state index contributed by atoms with van der Waals surface area (Å²) in [6, 6.07) is 15.3. The SMILES string of the molecule is NCCCC[C@H](NC(=O)[C@H](CCc1ccccc1)NC(=O)c1ccccc1)C(=O)N[C@@H](CCC(N)=O)C(=O)NCC1CCCCC1. The van der Waals surface area contributed by atoms with Gasteiger partial charge in [0, 0.05) is 18.5 Å². The molecule has 0 heterocycles. The second-order valence-corrected chi connectivity index (χ2v) is 12.1. The zero-order chi connectivity index (χ0) is 33.1. The third-order valence-electron chi connectivity index (χ3n) is 8.40. The molecule has 0 unspecified atom stereocenters. The molecule has 0 radical (unpaired) electrons. The molecule has 3 atom stereocenters. The summed E-state index contributed by atoms with van der Waals surface area (Å²) in [5.41, 5.74) is 12.5. The van der Waals surface area contributed by atoms with Gasteiger partial charge >= 0.3 is 0 Å². The predicted molar refractivity (Wildman–Crippen MR) is 177 cm³/mol. The highest BCUT2D eigenvalue weighted by Crippen LogP contribution is 2.22. The van der Waals surface area contributed by atoms with E-state index in [2.05, 4.69) is 21.3 Å². The number of nitrogens with one attached hydrogen (secondary N) is 4. The maximum Gasteiger partial charge on any atom is 0.251 e. The molecule has 46 heavy (non-hydrogen) atoms. The van der Waals surface area contributed by atoms with E-state index in [0.29, 0.717) is 50.3 Å². The number of rotatable bonds is 19. The molecule has 1 aliphatic carbocycles. The Balaban J connectivity index is 1.73. The van der Waals surface area contributed by atoms with Crippen LogP contribution in [0.25, 0.3) is 0 Å². The lowest BCUT2D eigenvalue weighted by Gasteiger charge is -2.26. The van der Waals surface area contributed by atoms with Crippen LogP contribution in [0.4, 0.5) is 0 Å². The second-order valence-electron chi connectivity index (χ2n) is 12.1. The van der Waals surface area contributed by atoms with Gasteiger partial charge in [-0.3, -0.25) is 24.0 Å². The van der Waals surface area contributed by atoms with Crippen LogP contribution < -0.4 is 32.7 Å². The number of benzene rings is 2. The standard InChI is InChI=1S/C35H50N6O5/c36-23-11-10-18-28(34(45)41-29(21-22-31(37)42)33(44)38-24-26-14-6-2-7-15-26)40-35(46)30(20-19-25-12-4-1-5-13-25)39-32(43)27-16-8-3-9-17-27/h1,3-5,8-9,12-13,16-17,26,28-30H,2,6-7,10-11,14-15,18-24,36H2,(H2,37,42)(H,38,44)(H,39,43)(H,40,46)(H,41,45)/t28-,29-,30-/m0/s1. The first-order valence-electron chi connectivity index (χ1n) is 16.5. The Morgan fingerprint density at radius 1 is 0.696 bits per heavy atom. The molecule has 11 heteroatoms. The third kappa shape index (κ3) is 13.0. The minimum atomic E-state index is -0.996. The summed E-state index contributed by atoms with van der Waals surface area (Å²) in [5.74, 6) is -2.05. The van der Waals surface area contributed by atoms with Gasteiger partial charge in [0.1, 0.15) is 18.1 Å². The lowest BCUT2D eigenvalue weighted by molar-refractivity contribution is -0.133. The molecule has 0 bridgehead atoms. The molecule has 0 spiro atoms. The van der Waals surface area contributed by atoms with Crippen LogP contribution in [0, 0.1) is 5.92 Å². The maximum atomic E-state index is 13.7. The fourth-order valence-corrected chi connectivity index (χ4v) is 5.68. The fraction of sp³-hybridized carbons (Fsp3) is 0.514. The van der Waals surface area contributed by atoms with Gasteiger partial charge in [0.05, 0.1) is 0 Å². The lowest BCUT2D eigenvalue weighted by atomic mass is 9.89. The van der Waals surface area contributed by atoms with Gasteiger partial charge in [-0.25, -0.2) is 0 Å². The summed E-state index contributed by atoms with van der Waals surface area (Å²) < 4.78 is 0. The van der Waals surface area contributed by atoms with Crippen LogP contribution >= 0.6 is 0 Å². The quantitative estimate of drug-likeness (QED) is 0.129. The molecule has 0 saturated heterocycles. The number of carbonyl (C=O) groups is 5. The molecule has 0 aromatic heterocycles. The molecule has 250 valence electrons. The van der Waals surface area contributed by atoms with Gasteiger partial charge in [0.15, 0.2) is 0 Å². The number of amides is 5. The number of aryl methyl sites for hydroxylation is 1. The molecule has 2 aromatic carbocycles. The Kier molecular flexibility index (Phi) is 15.7. The van der Waals surface area contributed by atoms with Crippen molar-refractivity contribution in [1.82, 2.24) is 21.3 Å². The highest BCUT2D eigenvalue weighted by Gasteiger charge is 2.30. The van der Waals surface area contributed by atoms with Crippen molar-refractivity contribution >= 4 is 29.5 Å². The van der Waals surface area contributed by atoms with Gasteiger partial charge in [-0.15, -0.1) is 0 Å². The molecule has 5 amide bonds. The van der Waals surface area contributed by atoms with Crippen molar-refractivity contribution in [3.63, 3.8) is 0 Å². The molecular formula is C35H50N6O5. The van der Waals surface area contributed by atoms with Crippen molar-refractivity contribution in [2.45, 2.75) is 95.2 Å². The smallest absolute Gasteiger partial charge is 0.251 e. The van der Waals surface area contributed by atoms with Crippen LogP contribution in [0.15, 0.2) is 60.7 Å². The molecule has 8 N–H and O–H groups in total. The molecule has 0 aliphatic heterocycles. The number of primary amides is 1. The molecule has 1 saturated carbocycles. The van der Waals surface area contributed by atoms with Crippen LogP contribution in [-0.2, 0) is 25.6 Å². The third-order valence-corrected chi connectivity index (χ3v) is 8.40. The summed E-state index contributed by atoms with van der Waals surface area (Å²) in [4.78, 5) is 65.2. The van der Waals surface area contributed by atoms with E-state index in [0.717, 1.165) is 31.2 Å². The summed E-state index contributed by atoms with van der Waals surface area (Å²) in [6.07, 6.45) is 7.78. The second kappa shape index (κ2) is 20.0. The Morgan fingerprint density at radius 3 is 1.89 bits per heavy atom. The van der Waals surface area contributed by atoms with Crippen LogP contribution in [0.5, 0.6) is 0 Å². The summed E-state index contributed by atoms with van der Waals surface area (Å²) in [7, 11) is 0. The summed E-state index contributed by atoms with van der Waals surface area (Å²) in [6.45, 7) is 0.919. The minimum Gasteiger partial charge on any atom is -0.370 e. The molecule has 1 aliphatic rings. The maximum absolute atomic E-state index is 13.7. The largest absolute Gasteiger partial charge is 0.370 e. The lowest BCUT2D eigenvalue weighted by Crippen LogP contribution is -2.57. The Morgan fingerprint density at radius 2 is 1.28 bits per heavy atom. The topological polar surface area (TPSA) is 186 Å². The van der Waals surface area contributed by atoms with Gasteiger partial charge in [-0.2, -0.15) is 0 Å². The predicted octanol–water partition coefficient (Wildman–Crippen LogP) is 2.48. The van der Waals surface area contributed by atoms with E-state index in [4.69, 9.17) is 11.5 Å². The van der Waals surface area contributed by atoms with Gasteiger partial charge in [0.25, 0.3) is 5.91 Å². The van der Waals surface area contributed by atoms with Crippen molar-refractivity contribution in [2.24, 2.45) is 17.4 Å². The van der Waals surface area contributed by atoms with E-state index in [1.807, 2.05) is 30.3 Å². The van der Waals surface area contributed by atoms with Gasteiger partial charge in [-0.05, 0) is 81.5 Å². The molecule has 1 fully saturated rings. The van der Waals surface area contributed by atoms with Crippen LogP contribution in [-0.4, -0.2) is 60.8 Å². The molecule has 3 rings (SSSR count). The Labute approximate surface area is 272 Å². The molecular weight excluding hydrogens is 584 g/mol. The summed E-state index contributed by atoms with van der Waals surface area (Å²) >= 11 is 0. The van der Waals surface area contributed by atoms with Crippen molar-refractivity contribution in [1.29, 1.82) is 0 Å².